The summed E-state index contributed by atoms with van der Waals surface area (Å²) in [4.78, 5) is 0. The molecule has 1 aromatic rings. The van der Waals surface area contributed by atoms with Crippen molar-refractivity contribution in [3.05, 3.63) is 33.8 Å². The highest BCUT2D eigenvalue weighted by Gasteiger charge is 2.02. The van der Waals surface area contributed by atoms with E-state index in [4.69, 9.17) is 23.2 Å². The molecule has 0 N–H and O–H groups in total. The third kappa shape index (κ3) is 2.58. The third-order valence-corrected chi connectivity index (χ3v) is 2.81. The van der Waals surface area contributed by atoms with Crippen LogP contribution in [0.5, 0.6) is 0 Å². The van der Waals surface area contributed by atoms with Gasteiger partial charge in [-0.25, -0.2) is 0 Å². The van der Waals surface area contributed by atoms with E-state index >= 15 is 0 Å². The molecule has 0 heterocycles. The van der Waals surface area contributed by atoms with Crippen molar-refractivity contribution in [1.82, 2.24) is 0 Å². The molecular formula is C9H10Cl2S. The van der Waals surface area contributed by atoms with Crippen molar-refractivity contribution >= 4 is 35.8 Å². The first-order chi connectivity index (χ1) is 5.75. The van der Waals surface area contributed by atoms with Crippen LogP contribution in [0.2, 0.25) is 10.0 Å². The van der Waals surface area contributed by atoms with Gasteiger partial charge in [0.1, 0.15) is 0 Å². The number of thiol groups is 1. The van der Waals surface area contributed by atoms with Gasteiger partial charge in [0.15, 0.2) is 0 Å². The zero-order valence-corrected chi connectivity index (χ0v) is 8.96. The second-order valence-corrected chi connectivity index (χ2v) is 3.77. The fraction of sp³-hybridized carbons (Fsp3) is 0.333. The molecule has 0 aliphatic heterocycles. The number of benzene rings is 1. The lowest BCUT2D eigenvalue weighted by Gasteiger charge is -2.03. The highest BCUT2D eigenvalue weighted by Crippen LogP contribution is 2.26. The Morgan fingerprint density at radius 1 is 1.25 bits per heavy atom. The van der Waals surface area contributed by atoms with E-state index in [9.17, 15) is 0 Å². The quantitative estimate of drug-likeness (QED) is 0.736. The molecule has 0 saturated heterocycles. The van der Waals surface area contributed by atoms with E-state index in [1.165, 1.54) is 0 Å². The Morgan fingerprint density at radius 2 is 2.00 bits per heavy atom. The lowest BCUT2D eigenvalue weighted by atomic mass is 10.1. The second-order valence-electron chi connectivity index (χ2n) is 2.54. The Morgan fingerprint density at radius 3 is 2.67 bits per heavy atom. The molecule has 3 heteroatoms. The fourth-order valence-electron chi connectivity index (χ4n) is 1.01. The van der Waals surface area contributed by atoms with Crippen molar-refractivity contribution in [3.63, 3.8) is 0 Å². The van der Waals surface area contributed by atoms with Crippen LogP contribution in [0, 0.1) is 0 Å². The van der Waals surface area contributed by atoms with Crippen LogP contribution in [0.3, 0.4) is 0 Å². The van der Waals surface area contributed by atoms with E-state index in [0.29, 0.717) is 10.0 Å². The van der Waals surface area contributed by atoms with Crippen molar-refractivity contribution < 1.29 is 0 Å². The molecule has 0 saturated carbocycles. The van der Waals surface area contributed by atoms with E-state index in [-0.39, 0.29) is 0 Å². The molecular weight excluding hydrogens is 211 g/mol. The molecule has 0 nitrogen and oxygen atoms in total. The zero-order valence-electron chi connectivity index (χ0n) is 6.56. The van der Waals surface area contributed by atoms with Crippen molar-refractivity contribution in [2.24, 2.45) is 0 Å². The number of hydrogen-bond donors (Lipinski definition) is 1. The molecule has 0 spiro atoms. The van der Waals surface area contributed by atoms with Gasteiger partial charge in [-0.15, -0.1) is 0 Å². The number of rotatable bonds is 3. The van der Waals surface area contributed by atoms with E-state index in [2.05, 4.69) is 12.6 Å². The molecule has 0 bridgehead atoms. The van der Waals surface area contributed by atoms with Gasteiger partial charge in [-0.3, -0.25) is 0 Å². The van der Waals surface area contributed by atoms with E-state index in [1.807, 2.05) is 12.1 Å². The SMILES string of the molecule is SCCCc1cccc(Cl)c1Cl. The number of aryl methyl sites for hydroxylation is 1. The van der Waals surface area contributed by atoms with Crippen LogP contribution in [0.15, 0.2) is 18.2 Å². The summed E-state index contributed by atoms with van der Waals surface area (Å²) in [5.74, 6) is 0.878. The van der Waals surface area contributed by atoms with Gasteiger partial charge in [-0.05, 0) is 30.2 Å². The van der Waals surface area contributed by atoms with Crippen LogP contribution < -0.4 is 0 Å². The first kappa shape index (κ1) is 10.2. The fourth-order valence-corrected chi connectivity index (χ4v) is 1.58. The Bertz CT molecular complexity index is 261. The van der Waals surface area contributed by atoms with Gasteiger partial charge in [-0.1, -0.05) is 35.3 Å². The average molecular weight is 221 g/mol. The summed E-state index contributed by atoms with van der Waals surface area (Å²) in [6, 6.07) is 5.72. The molecule has 0 fully saturated rings. The van der Waals surface area contributed by atoms with Crippen molar-refractivity contribution in [3.8, 4) is 0 Å². The van der Waals surface area contributed by atoms with E-state index in [0.717, 1.165) is 24.2 Å². The number of halogens is 2. The van der Waals surface area contributed by atoms with Crippen molar-refractivity contribution in [1.29, 1.82) is 0 Å². The summed E-state index contributed by atoms with van der Waals surface area (Å²) < 4.78 is 0. The molecule has 1 rings (SSSR count). The predicted octanol–water partition coefficient (Wildman–Crippen LogP) is 3.86. The smallest absolute Gasteiger partial charge is 0.0624 e. The molecule has 0 aromatic heterocycles. The van der Waals surface area contributed by atoms with Gasteiger partial charge >= 0.3 is 0 Å². The van der Waals surface area contributed by atoms with Gasteiger partial charge in [0.25, 0.3) is 0 Å². The summed E-state index contributed by atoms with van der Waals surface area (Å²) in [7, 11) is 0. The summed E-state index contributed by atoms with van der Waals surface area (Å²) in [6.07, 6.45) is 1.98. The first-order valence-electron chi connectivity index (χ1n) is 3.79. The molecule has 0 aliphatic rings. The zero-order chi connectivity index (χ0) is 8.97. The van der Waals surface area contributed by atoms with Gasteiger partial charge in [0.2, 0.25) is 0 Å². The van der Waals surface area contributed by atoms with Crippen LogP contribution in [0.4, 0.5) is 0 Å². The largest absolute Gasteiger partial charge is 0.179 e. The molecule has 1 aromatic carbocycles. The lowest BCUT2D eigenvalue weighted by molar-refractivity contribution is 0.936. The maximum atomic E-state index is 5.97. The Labute approximate surface area is 88.3 Å². The highest BCUT2D eigenvalue weighted by molar-refractivity contribution is 7.80. The molecule has 0 radical (unpaired) electrons. The highest BCUT2D eigenvalue weighted by atomic mass is 35.5. The lowest BCUT2D eigenvalue weighted by Crippen LogP contribution is -1.87. The maximum absolute atomic E-state index is 5.97. The molecule has 0 unspecified atom stereocenters. The molecule has 66 valence electrons. The Hall–Kier alpha value is 0.150. The maximum Gasteiger partial charge on any atom is 0.0624 e. The van der Waals surface area contributed by atoms with Crippen LogP contribution in [-0.4, -0.2) is 5.75 Å². The van der Waals surface area contributed by atoms with Crippen LogP contribution >= 0.6 is 35.8 Å². The topological polar surface area (TPSA) is 0 Å². The normalized spacial score (nSPS) is 10.2. The Balaban J connectivity index is 2.78. The molecule has 12 heavy (non-hydrogen) atoms. The second kappa shape index (κ2) is 5.00. The van der Waals surface area contributed by atoms with E-state index < -0.39 is 0 Å². The Kier molecular flexibility index (Phi) is 4.27. The van der Waals surface area contributed by atoms with Gasteiger partial charge in [0, 0.05) is 0 Å². The summed E-state index contributed by atoms with van der Waals surface area (Å²) in [6.45, 7) is 0. The van der Waals surface area contributed by atoms with E-state index in [1.54, 1.807) is 6.07 Å². The summed E-state index contributed by atoms with van der Waals surface area (Å²) in [5, 5.41) is 1.31. The van der Waals surface area contributed by atoms with Crippen LogP contribution in [0.25, 0.3) is 0 Å². The molecule has 0 aliphatic carbocycles. The minimum atomic E-state index is 0.633. The monoisotopic (exact) mass is 220 g/mol. The average Bonchev–Trinajstić information content (AvgIpc) is 2.08. The third-order valence-electron chi connectivity index (χ3n) is 1.64. The molecule has 0 amide bonds. The summed E-state index contributed by atoms with van der Waals surface area (Å²) >= 11 is 15.9. The predicted molar refractivity (Wildman–Crippen MR) is 58.6 cm³/mol. The summed E-state index contributed by atoms with van der Waals surface area (Å²) in [5.41, 5.74) is 1.11. The minimum Gasteiger partial charge on any atom is -0.179 e. The molecule has 0 atom stereocenters. The minimum absolute atomic E-state index is 0.633. The van der Waals surface area contributed by atoms with Crippen molar-refractivity contribution in [2.75, 3.05) is 5.75 Å². The standard InChI is InChI=1S/C9H10Cl2S/c10-8-5-1-3-7(9(8)11)4-2-6-12/h1,3,5,12H,2,4,6H2. The van der Waals surface area contributed by atoms with Crippen molar-refractivity contribution in [2.45, 2.75) is 12.8 Å². The van der Waals surface area contributed by atoms with Gasteiger partial charge in [-0.2, -0.15) is 12.6 Å². The van der Waals surface area contributed by atoms with Crippen LogP contribution in [-0.2, 0) is 6.42 Å². The van der Waals surface area contributed by atoms with Gasteiger partial charge in [0.05, 0.1) is 10.0 Å². The van der Waals surface area contributed by atoms with Gasteiger partial charge < -0.3 is 0 Å². The van der Waals surface area contributed by atoms with Crippen LogP contribution in [0.1, 0.15) is 12.0 Å². The number of hydrogen-bond acceptors (Lipinski definition) is 1. The first-order valence-corrected chi connectivity index (χ1v) is 5.18.